The summed E-state index contributed by atoms with van der Waals surface area (Å²) in [6.07, 6.45) is 2.12. The van der Waals surface area contributed by atoms with Crippen molar-refractivity contribution < 1.29 is 28.9 Å². The van der Waals surface area contributed by atoms with Crippen LogP contribution < -0.4 is 4.90 Å². The first-order chi connectivity index (χ1) is 14.4. The van der Waals surface area contributed by atoms with Gasteiger partial charge in [0.05, 0.1) is 18.1 Å². The van der Waals surface area contributed by atoms with E-state index in [-0.39, 0.29) is 24.8 Å². The van der Waals surface area contributed by atoms with Gasteiger partial charge in [-0.3, -0.25) is 0 Å². The van der Waals surface area contributed by atoms with Gasteiger partial charge < -0.3 is 23.9 Å². The Hall–Kier alpha value is -2.72. The number of anilines is 1. The average Bonchev–Trinajstić information content (AvgIpc) is 3.25. The van der Waals surface area contributed by atoms with Crippen LogP contribution in [0.1, 0.15) is 60.6 Å². The fraction of sp³-hybridized carbons (Fsp3) is 0.619. The fourth-order valence-corrected chi connectivity index (χ4v) is 3.26. The lowest BCUT2D eigenvalue weighted by atomic mass is 10.2. The van der Waals surface area contributed by atoms with Crippen LogP contribution in [0.4, 0.5) is 15.4 Å². The molecule has 1 unspecified atom stereocenters. The zero-order valence-electron chi connectivity index (χ0n) is 18.8. The number of hydrogen-bond acceptors (Lipinski definition) is 8. The summed E-state index contributed by atoms with van der Waals surface area (Å²) in [7, 11) is 0. The Morgan fingerprint density at radius 3 is 2.26 bits per heavy atom. The molecule has 1 saturated heterocycles. The normalized spacial score (nSPS) is 19.5. The summed E-state index contributed by atoms with van der Waals surface area (Å²) in [5.41, 5.74) is -1.16. The number of amides is 2. The van der Waals surface area contributed by atoms with Gasteiger partial charge in [-0.25, -0.2) is 19.6 Å². The first kappa shape index (κ1) is 23.0. The summed E-state index contributed by atoms with van der Waals surface area (Å²) in [6.45, 7) is 10.2. The number of fused-ring (bicyclic) bond motifs is 1. The van der Waals surface area contributed by atoms with Gasteiger partial charge in [-0.1, -0.05) is 0 Å². The number of carbonyl (C=O) groups excluding carboxylic acids is 2. The molecule has 10 heteroatoms. The number of aromatic nitrogens is 3. The number of rotatable bonds is 3. The smallest absolute Gasteiger partial charge is 0.425 e. The molecule has 0 saturated carbocycles. The molecular formula is C21H30N4O6. The standard InChI is InChI=1S/C21H30N4O6/c1-20(2,3)30-18(27)25(19(28)31-21(4,5)6)17-14-9-10-24(16(14)22-12-23-17)15-8-7-13(11-26)29-15/h9-10,12-13,15,26H,7-8,11H2,1-6H3/t13-,15?/m0/s1. The highest BCUT2D eigenvalue weighted by atomic mass is 16.6. The van der Waals surface area contributed by atoms with E-state index in [1.54, 1.807) is 58.4 Å². The van der Waals surface area contributed by atoms with Crippen LogP contribution in [-0.2, 0) is 14.2 Å². The minimum atomic E-state index is -0.896. The summed E-state index contributed by atoms with van der Waals surface area (Å²) in [6, 6.07) is 1.71. The first-order valence-corrected chi connectivity index (χ1v) is 10.2. The van der Waals surface area contributed by atoms with Crippen molar-refractivity contribution in [2.75, 3.05) is 11.5 Å². The van der Waals surface area contributed by atoms with Crippen molar-refractivity contribution in [2.45, 2.75) is 77.9 Å². The van der Waals surface area contributed by atoms with Crippen LogP contribution in [0.2, 0.25) is 0 Å². The predicted molar refractivity (Wildman–Crippen MR) is 113 cm³/mol. The molecule has 1 fully saturated rings. The summed E-state index contributed by atoms with van der Waals surface area (Å²) in [4.78, 5) is 35.2. The highest BCUT2D eigenvalue weighted by Crippen LogP contribution is 2.33. The molecule has 0 bridgehead atoms. The van der Waals surface area contributed by atoms with E-state index in [9.17, 15) is 14.7 Å². The van der Waals surface area contributed by atoms with E-state index < -0.39 is 23.4 Å². The van der Waals surface area contributed by atoms with Gasteiger partial charge in [0.25, 0.3) is 0 Å². The molecule has 0 spiro atoms. The lowest BCUT2D eigenvalue weighted by Gasteiger charge is -2.28. The minimum absolute atomic E-state index is 0.0546. The second kappa shape index (κ2) is 8.43. The molecule has 1 aliphatic rings. The van der Waals surface area contributed by atoms with E-state index in [4.69, 9.17) is 14.2 Å². The quantitative estimate of drug-likeness (QED) is 0.776. The van der Waals surface area contributed by atoms with Crippen molar-refractivity contribution in [3.8, 4) is 0 Å². The molecule has 0 aromatic carbocycles. The Kier molecular flexibility index (Phi) is 6.24. The van der Waals surface area contributed by atoms with Crippen molar-refractivity contribution in [2.24, 2.45) is 0 Å². The van der Waals surface area contributed by atoms with E-state index in [2.05, 4.69) is 9.97 Å². The van der Waals surface area contributed by atoms with Crippen LogP contribution in [-0.4, -0.2) is 55.7 Å². The molecule has 2 amide bonds. The van der Waals surface area contributed by atoms with Gasteiger partial charge in [-0.2, -0.15) is 4.90 Å². The van der Waals surface area contributed by atoms with Crippen molar-refractivity contribution in [3.63, 3.8) is 0 Å². The van der Waals surface area contributed by atoms with Crippen LogP contribution in [0, 0.1) is 0 Å². The van der Waals surface area contributed by atoms with E-state index in [1.165, 1.54) is 6.33 Å². The van der Waals surface area contributed by atoms with Crippen molar-refractivity contribution >= 4 is 29.0 Å². The topological polar surface area (TPSA) is 116 Å². The fourth-order valence-electron chi connectivity index (χ4n) is 3.26. The number of carbonyl (C=O) groups is 2. The monoisotopic (exact) mass is 434 g/mol. The van der Waals surface area contributed by atoms with E-state index in [0.717, 1.165) is 11.3 Å². The maximum Gasteiger partial charge on any atom is 0.425 e. The Labute approximate surface area is 181 Å². The van der Waals surface area contributed by atoms with Gasteiger partial charge in [0.2, 0.25) is 0 Å². The molecular weight excluding hydrogens is 404 g/mol. The summed E-state index contributed by atoms with van der Waals surface area (Å²) in [5, 5.41) is 9.82. The molecule has 31 heavy (non-hydrogen) atoms. The number of ether oxygens (including phenoxy) is 3. The zero-order valence-corrected chi connectivity index (χ0v) is 18.8. The maximum atomic E-state index is 13.0. The first-order valence-electron chi connectivity index (χ1n) is 10.2. The molecule has 1 aliphatic heterocycles. The van der Waals surface area contributed by atoms with Gasteiger partial charge >= 0.3 is 12.2 Å². The summed E-state index contributed by atoms with van der Waals surface area (Å²) < 4.78 is 18.5. The number of aliphatic hydroxyl groups is 1. The van der Waals surface area contributed by atoms with E-state index >= 15 is 0 Å². The largest absolute Gasteiger partial charge is 0.443 e. The van der Waals surface area contributed by atoms with E-state index in [1.807, 2.05) is 0 Å². The number of nitrogens with zero attached hydrogens (tertiary/aromatic N) is 4. The number of imide groups is 1. The lowest BCUT2D eigenvalue weighted by Crippen LogP contribution is -2.44. The van der Waals surface area contributed by atoms with Crippen LogP contribution in [0.5, 0.6) is 0 Å². The number of aliphatic hydroxyl groups excluding tert-OH is 1. The Bertz CT molecular complexity index is 931. The molecule has 1 N–H and O–H groups in total. The minimum Gasteiger partial charge on any atom is -0.443 e. The molecule has 0 aliphatic carbocycles. The second-order valence-corrected chi connectivity index (χ2v) is 9.43. The van der Waals surface area contributed by atoms with Crippen molar-refractivity contribution in [1.29, 1.82) is 0 Å². The third-order valence-electron chi connectivity index (χ3n) is 4.45. The third kappa shape index (κ3) is 5.31. The van der Waals surface area contributed by atoms with E-state index in [0.29, 0.717) is 17.5 Å². The Morgan fingerprint density at radius 1 is 1.13 bits per heavy atom. The van der Waals surface area contributed by atoms with Gasteiger partial charge in [0.1, 0.15) is 29.4 Å². The molecule has 2 aromatic heterocycles. The molecule has 10 nitrogen and oxygen atoms in total. The molecule has 3 heterocycles. The molecule has 3 rings (SSSR count). The zero-order chi connectivity index (χ0) is 23.0. The van der Waals surface area contributed by atoms with Gasteiger partial charge in [-0.05, 0) is 60.5 Å². The molecule has 170 valence electrons. The van der Waals surface area contributed by atoms with Gasteiger partial charge in [-0.15, -0.1) is 0 Å². The third-order valence-corrected chi connectivity index (χ3v) is 4.45. The van der Waals surface area contributed by atoms with Crippen molar-refractivity contribution in [1.82, 2.24) is 14.5 Å². The average molecular weight is 434 g/mol. The predicted octanol–water partition coefficient (Wildman–Crippen LogP) is 3.78. The van der Waals surface area contributed by atoms with Crippen LogP contribution >= 0.6 is 0 Å². The van der Waals surface area contributed by atoms with Crippen LogP contribution in [0.25, 0.3) is 11.0 Å². The van der Waals surface area contributed by atoms with Crippen molar-refractivity contribution in [3.05, 3.63) is 18.6 Å². The molecule has 0 radical (unpaired) electrons. The van der Waals surface area contributed by atoms with Crippen LogP contribution in [0.3, 0.4) is 0 Å². The van der Waals surface area contributed by atoms with Gasteiger partial charge in [0.15, 0.2) is 5.82 Å². The summed E-state index contributed by atoms with van der Waals surface area (Å²) in [5.74, 6) is 0.0592. The molecule has 2 atom stereocenters. The van der Waals surface area contributed by atoms with Crippen LogP contribution in [0.15, 0.2) is 18.6 Å². The summed E-state index contributed by atoms with van der Waals surface area (Å²) >= 11 is 0. The second-order valence-electron chi connectivity index (χ2n) is 9.43. The SMILES string of the molecule is CC(C)(C)OC(=O)N(C(=O)OC(C)(C)C)c1ncnc2c1ccn2C1CC[C@@H](CO)O1. The maximum absolute atomic E-state index is 13.0. The van der Waals surface area contributed by atoms with Gasteiger partial charge in [0, 0.05) is 6.20 Å². The Balaban J connectivity index is 2.03. The number of hydrogen-bond donors (Lipinski definition) is 1. The lowest BCUT2D eigenvalue weighted by molar-refractivity contribution is -0.0204. The highest BCUT2D eigenvalue weighted by Gasteiger charge is 2.36. The molecule has 2 aromatic rings. The highest BCUT2D eigenvalue weighted by molar-refractivity contribution is 6.13. The Morgan fingerprint density at radius 2 is 1.74 bits per heavy atom.